The molecular formula is C21H29N5O3. The van der Waals surface area contributed by atoms with Gasteiger partial charge in [0.1, 0.15) is 0 Å². The predicted molar refractivity (Wildman–Crippen MR) is 112 cm³/mol. The summed E-state index contributed by atoms with van der Waals surface area (Å²) in [5.41, 5.74) is 0.162. The monoisotopic (exact) mass is 399 g/mol. The number of likely N-dealkylation sites (N-methyl/N-ethyl adjacent to an activating group) is 1. The number of carbonyl (C=O) groups is 2. The van der Waals surface area contributed by atoms with Gasteiger partial charge in [0.2, 0.25) is 5.91 Å². The van der Waals surface area contributed by atoms with E-state index >= 15 is 0 Å². The fourth-order valence-corrected chi connectivity index (χ4v) is 3.57. The van der Waals surface area contributed by atoms with E-state index < -0.39 is 0 Å². The summed E-state index contributed by atoms with van der Waals surface area (Å²) < 4.78 is 1.40. The van der Waals surface area contributed by atoms with Crippen LogP contribution in [0, 0.1) is 0 Å². The van der Waals surface area contributed by atoms with Gasteiger partial charge in [0.25, 0.3) is 11.5 Å². The smallest absolute Gasteiger partial charge is 0.274 e. The number of benzene rings is 1. The zero-order valence-corrected chi connectivity index (χ0v) is 17.4. The normalized spacial score (nSPS) is 15.3. The number of carbonyl (C=O) groups excluding carboxylic acids is 2. The Morgan fingerprint density at radius 1 is 1.07 bits per heavy atom. The van der Waals surface area contributed by atoms with Gasteiger partial charge in [0, 0.05) is 52.2 Å². The van der Waals surface area contributed by atoms with E-state index in [1.165, 1.54) is 4.68 Å². The van der Waals surface area contributed by atoms with Crippen molar-refractivity contribution in [2.45, 2.75) is 26.3 Å². The molecule has 1 aromatic heterocycles. The molecule has 8 nitrogen and oxygen atoms in total. The van der Waals surface area contributed by atoms with Crippen LogP contribution in [0.5, 0.6) is 0 Å². The second-order valence-corrected chi connectivity index (χ2v) is 7.63. The summed E-state index contributed by atoms with van der Waals surface area (Å²) in [6, 6.07) is 7.16. The highest BCUT2D eigenvalue weighted by molar-refractivity contribution is 6.04. The summed E-state index contributed by atoms with van der Waals surface area (Å²) in [6.07, 6.45) is 1.55. The van der Waals surface area contributed by atoms with E-state index in [2.05, 4.69) is 10.00 Å². The molecule has 1 aliphatic heterocycles. The first-order valence-corrected chi connectivity index (χ1v) is 10.1. The zero-order chi connectivity index (χ0) is 21.0. The van der Waals surface area contributed by atoms with E-state index in [-0.39, 0.29) is 17.4 Å². The maximum absolute atomic E-state index is 13.3. The predicted octanol–water partition coefficient (Wildman–Crippen LogP) is 1.04. The maximum atomic E-state index is 13.3. The minimum Gasteiger partial charge on any atom is -0.348 e. The Hall–Kier alpha value is -2.74. The highest BCUT2D eigenvalue weighted by Crippen LogP contribution is 2.16. The lowest BCUT2D eigenvalue weighted by Gasteiger charge is -2.23. The standard InChI is InChI=1S/C21H29N5O3/c1-4-10-26-20(28)17-9-6-5-8-16(17)19(22-26)21(29)25-12-7-11-24(13-14-25)15-18(27)23(2)3/h5-6,8-9H,4,7,10-15H2,1-3H3. The molecule has 0 aliphatic carbocycles. The molecule has 1 saturated heterocycles. The van der Waals surface area contributed by atoms with Crippen molar-refractivity contribution in [3.63, 3.8) is 0 Å². The molecule has 0 radical (unpaired) electrons. The fourth-order valence-electron chi connectivity index (χ4n) is 3.57. The Bertz CT molecular complexity index is 953. The van der Waals surface area contributed by atoms with Crippen molar-refractivity contribution in [3.8, 4) is 0 Å². The van der Waals surface area contributed by atoms with Gasteiger partial charge in [0.15, 0.2) is 5.69 Å². The fraction of sp³-hybridized carbons (Fsp3) is 0.524. The molecule has 0 N–H and O–H groups in total. The van der Waals surface area contributed by atoms with Crippen molar-refractivity contribution in [2.24, 2.45) is 0 Å². The van der Waals surface area contributed by atoms with Gasteiger partial charge < -0.3 is 9.80 Å². The van der Waals surface area contributed by atoms with Crippen LogP contribution in [0.25, 0.3) is 10.8 Å². The van der Waals surface area contributed by atoms with Crippen molar-refractivity contribution in [1.29, 1.82) is 0 Å². The van der Waals surface area contributed by atoms with E-state index in [9.17, 15) is 14.4 Å². The minimum absolute atomic E-state index is 0.0593. The van der Waals surface area contributed by atoms with E-state index in [0.29, 0.717) is 49.2 Å². The molecule has 1 aliphatic rings. The molecule has 1 aromatic carbocycles. The van der Waals surface area contributed by atoms with Crippen molar-refractivity contribution >= 4 is 22.6 Å². The molecule has 2 aromatic rings. The van der Waals surface area contributed by atoms with Crippen molar-refractivity contribution in [1.82, 2.24) is 24.5 Å². The number of fused-ring (bicyclic) bond motifs is 1. The lowest BCUT2D eigenvalue weighted by molar-refractivity contribution is -0.129. The zero-order valence-electron chi connectivity index (χ0n) is 17.4. The summed E-state index contributed by atoms with van der Waals surface area (Å²) in [7, 11) is 3.50. The second-order valence-electron chi connectivity index (χ2n) is 7.63. The Labute approximate surface area is 170 Å². The first-order chi connectivity index (χ1) is 13.9. The maximum Gasteiger partial charge on any atom is 0.274 e. The largest absolute Gasteiger partial charge is 0.348 e. The van der Waals surface area contributed by atoms with Crippen LogP contribution in [-0.2, 0) is 11.3 Å². The molecule has 156 valence electrons. The molecule has 2 amide bonds. The minimum atomic E-state index is -0.164. The first kappa shape index (κ1) is 21.0. The first-order valence-electron chi connectivity index (χ1n) is 10.1. The molecule has 29 heavy (non-hydrogen) atoms. The molecule has 3 rings (SSSR count). The highest BCUT2D eigenvalue weighted by Gasteiger charge is 2.25. The average Bonchev–Trinajstić information content (AvgIpc) is 2.95. The number of nitrogens with zero attached hydrogens (tertiary/aromatic N) is 5. The van der Waals surface area contributed by atoms with Gasteiger partial charge in [-0.05, 0) is 18.9 Å². The number of hydrogen-bond donors (Lipinski definition) is 0. The van der Waals surface area contributed by atoms with Gasteiger partial charge in [0.05, 0.1) is 11.9 Å². The highest BCUT2D eigenvalue weighted by atomic mass is 16.2. The summed E-state index contributed by atoms with van der Waals surface area (Å²) in [6.45, 7) is 5.35. The van der Waals surface area contributed by atoms with E-state index in [4.69, 9.17) is 0 Å². The number of amides is 2. The quantitative estimate of drug-likeness (QED) is 0.751. The Morgan fingerprint density at radius 2 is 1.79 bits per heavy atom. The van der Waals surface area contributed by atoms with E-state index in [0.717, 1.165) is 19.4 Å². The molecule has 0 bridgehead atoms. The van der Waals surface area contributed by atoms with Crippen LogP contribution in [0.1, 0.15) is 30.3 Å². The van der Waals surface area contributed by atoms with Gasteiger partial charge in [-0.2, -0.15) is 5.10 Å². The molecule has 2 heterocycles. The van der Waals surface area contributed by atoms with Crippen LogP contribution < -0.4 is 5.56 Å². The van der Waals surface area contributed by atoms with Crippen molar-refractivity contribution in [3.05, 3.63) is 40.3 Å². The molecule has 8 heteroatoms. The van der Waals surface area contributed by atoms with Gasteiger partial charge in [-0.15, -0.1) is 0 Å². The van der Waals surface area contributed by atoms with Gasteiger partial charge >= 0.3 is 0 Å². The number of rotatable bonds is 5. The SMILES string of the molecule is CCCn1nc(C(=O)N2CCCN(CC(=O)N(C)C)CC2)c2ccccc2c1=O. The van der Waals surface area contributed by atoms with E-state index in [1.54, 1.807) is 42.1 Å². The molecule has 0 unspecified atom stereocenters. The summed E-state index contributed by atoms with van der Waals surface area (Å²) in [5, 5.41) is 5.54. The lowest BCUT2D eigenvalue weighted by atomic mass is 10.1. The number of hydrogen-bond acceptors (Lipinski definition) is 5. The van der Waals surface area contributed by atoms with Crippen molar-refractivity contribution < 1.29 is 9.59 Å². The molecular weight excluding hydrogens is 370 g/mol. The van der Waals surface area contributed by atoms with Crippen molar-refractivity contribution in [2.75, 3.05) is 46.8 Å². The number of aryl methyl sites for hydroxylation is 1. The van der Waals surface area contributed by atoms with Crippen LogP contribution in [-0.4, -0.2) is 83.1 Å². The molecule has 1 fully saturated rings. The Kier molecular flexibility index (Phi) is 6.64. The van der Waals surface area contributed by atoms with Crippen LogP contribution >= 0.6 is 0 Å². The van der Waals surface area contributed by atoms with E-state index in [1.807, 2.05) is 13.0 Å². The third kappa shape index (κ3) is 4.64. The van der Waals surface area contributed by atoms with Crippen LogP contribution in [0.2, 0.25) is 0 Å². The third-order valence-corrected chi connectivity index (χ3v) is 5.24. The molecule has 0 atom stereocenters. The topological polar surface area (TPSA) is 78.8 Å². The molecule has 0 saturated carbocycles. The third-order valence-electron chi connectivity index (χ3n) is 5.24. The Balaban J connectivity index is 1.85. The van der Waals surface area contributed by atoms with Crippen LogP contribution in [0.4, 0.5) is 0 Å². The summed E-state index contributed by atoms with van der Waals surface area (Å²) >= 11 is 0. The second kappa shape index (κ2) is 9.17. The van der Waals surface area contributed by atoms with Crippen LogP contribution in [0.15, 0.2) is 29.1 Å². The lowest BCUT2D eigenvalue weighted by Crippen LogP contribution is -2.40. The number of aromatic nitrogens is 2. The summed E-state index contributed by atoms with van der Waals surface area (Å²) in [5.74, 6) is -0.101. The van der Waals surface area contributed by atoms with Gasteiger partial charge in [-0.3, -0.25) is 19.3 Å². The van der Waals surface area contributed by atoms with Crippen LogP contribution in [0.3, 0.4) is 0 Å². The summed E-state index contributed by atoms with van der Waals surface area (Å²) in [4.78, 5) is 43.4. The van der Waals surface area contributed by atoms with Gasteiger partial charge in [-0.1, -0.05) is 25.1 Å². The Morgan fingerprint density at radius 3 is 2.48 bits per heavy atom. The van der Waals surface area contributed by atoms with Gasteiger partial charge in [-0.25, -0.2) is 4.68 Å². The average molecular weight is 399 g/mol. The molecule has 0 spiro atoms.